The van der Waals surface area contributed by atoms with Crippen LogP contribution in [-0.4, -0.2) is 59.6 Å². The first-order chi connectivity index (χ1) is 17.7. The molecule has 0 heterocycles. The number of rotatable bonds is 13. The summed E-state index contributed by atoms with van der Waals surface area (Å²) >= 11 is 0. The first-order valence-electron chi connectivity index (χ1n) is 13.5. The third-order valence-electron chi connectivity index (χ3n) is 5.94. The van der Waals surface area contributed by atoms with Gasteiger partial charge in [0.2, 0.25) is 11.8 Å². The van der Waals surface area contributed by atoms with Gasteiger partial charge in [-0.05, 0) is 78.4 Å². The number of ether oxygens (including phenoxy) is 2. The molecule has 0 aliphatic rings. The Kier molecular flexibility index (Phi) is 13.3. The molecule has 38 heavy (non-hydrogen) atoms. The van der Waals surface area contributed by atoms with E-state index in [1.54, 1.807) is 39.5 Å². The van der Waals surface area contributed by atoms with Crippen molar-refractivity contribution in [1.29, 1.82) is 0 Å². The number of benzene rings is 1. The third kappa shape index (κ3) is 11.1. The van der Waals surface area contributed by atoms with E-state index in [1.165, 1.54) is 0 Å². The lowest BCUT2D eigenvalue weighted by Gasteiger charge is -2.38. The fourth-order valence-electron chi connectivity index (χ4n) is 4.01. The Morgan fingerprint density at radius 1 is 1.00 bits per heavy atom. The van der Waals surface area contributed by atoms with Crippen LogP contribution in [0.3, 0.4) is 0 Å². The maximum atomic E-state index is 13.9. The van der Waals surface area contributed by atoms with Gasteiger partial charge >= 0.3 is 12.1 Å². The molecule has 1 aromatic carbocycles. The normalized spacial score (nSPS) is 13.7. The molecule has 3 atom stereocenters. The van der Waals surface area contributed by atoms with Gasteiger partial charge in [0.25, 0.3) is 0 Å². The lowest BCUT2D eigenvalue weighted by molar-refractivity contribution is -0.146. The van der Waals surface area contributed by atoms with Gasteiger partial charge in [0.15, 0.2) is 0 Å². The molecule has 9 heteroatoms. The Labute approximate surface area is 228 Å². The van der Waals surface area contributed by atoms with Gasteiger partial charge in [-0.15, -0.1) is 0 Å². The van der Waals surface area contributed by atoms with Crippen molar-refractivity contribution in [2.24, 2.45) is 5.92 Å². The summed E-state index contributed by atoms with van der Waals surface area (Å²) < 4.78 is 10.3. The summed E-state index contributed by atoms with van der Waals surface area (Å²) in [6, 6.07) is 5.19. The number of hydrogen-bond acceptors (Lipinski definition) is 6. The molecule has 1 rings (SSSR count). The average Bonchev–Trinajstić information content (AvgIpc) is 2.80. The summed E-state index contributed by atoms with van der Waals surface area (Å²) in [4.78, 5) is 53.4. The van der Waals surface area contributed by atoms with E-state index in [9.17, 15) is 19.2 Å². The van der Waals surface area contributed by atoms with Crippen molar-refractivity contribution in [3.63, 3.8) is 0 Å². The number of carbonyl (C=O) groups is 4. The van der Waals surface area contributed by atoms with E-state index >= 15 is 0 Å². The van der Waals surface area contributed by atoms with Crippen LogP contribution < -0.4 is 10.6 Å². The Balaban J connectivity index is 3.39. The number of nitrogens with zero attached hydrogens (tertiary/aromatic N) is 1. The van der Waals surface area contributed by atoms with E-state index in [2.05, 4.69) is 24.5 Å². The number of nitrogens with one attached hydrogen (secondary N) is 2. The topological polar surface area (TPSA) is 114 Å². The second-order valence-corrected chi connectivity index (χ2v) is 11.0. The highest BCUT2D eigenvalue weighted by Gasteiger charge is 2.38. The van der Waals surface area contributed by atoms with Crippen LogP contribution in [-0.2, 0) is 23.9 Å². The highest BCUT2D eigenvalue weighted by molar-refractivity contribution is 5.92. The Morgan fingerprint density at radius 2 is 1.63 bits per heavy atom. The SMILES string of the molecule is CCOC(=O)CCNC(=O)C(c1ccccc1C)N(C(=O)C(C)NC(=O)OC(C)(C)C)C(C)CCC(C)C. The van der Waals surface area contributed by atoms with Crippen LogP contribution in [0.25, 0.3) is 0 Å². The molecular weight excluding hydrogens is 486 g/mol. The monoisotopic (exact) mass is 533 g/mol. The summed E-state index contributed by atoms with van der Waals surface area (Å²) in [5, 5.41) is 5.44. The zero-order valence-electron chi connectivity index (χ0n) is 24.6. The van der Waals surface area contributed by atoms with Crippen LogP contribution in [0.2, 0.25) is 0 Å². The molecule has 0 spiro atoms. The van der Waals surface area contributed by atoms with E-state index in [0.717, 1.165) is 12.0 Å². The number of carbonyl (C=O) groups excluding carboxylic acids is 4. The van der Waals surface area contributed by atoms with Crippen molar-refractivity contribution in [2.45, 2.75) is 105 Å². The highest BCUT2D eigenvalue weighted by atomic mass is 16.6. The Morgan fingerprint density at radius 3 is 2.18 bits per heavy atom. The van der Waals surface area contributed by atoms with Crippen LogP contribution in [0.1, 0.15) is 91.8 Å². The molecular formula is C29H47N3O6. The molecule has 2 N–H and O–H groups in total. The van der Waals surface area contributed by atoms with Gasteiger partial charge in [0, 0.05) is 12.6 Å². The van der Waals surface area contributed by atoms with Gasteiger partial charge in [-0.25, -0.2) is 4.79 Å². The minimum Gasteiger partial charge on any atom is -0.466 e. The Bertz CT molecular complexity index is 940. The predicted octanol–water partition coefficient (Wildman–Crippen LogP) is 4.67. The van der Waals surface area contributed by atoms with E-state index in [-0.39, 0.29) is 25.6 Å². The van der Waals surface area contributed by atoms with Crippen molar-refractivity contribution < 1.29 is 28.7 Å². The standard InChI is InChI=1S/C29H47N3O6/c1-10-37-24(33)17-18-30-26(34)25(23-14-12-11-13-20(23)4)32(21(5)16-15-19(2)3)27(35)22(6)31-28(36)38-29(7,8)9/h11-14,19,21-22,25H,10,15-18H2,1-9H3,(H,30,34)(H,31,36). The zero-order chi connectivity index (χ0) is 29.0. The van der Waals surface area contributed by atoms with E-state index < -0.39 is 41.6 Å². The summed E-state index contributed by atoms with van der Waals surface area (Å²) in [7, 11) is 0. The third-order valence-corrected chi connectivity index (χ3v) is 5.94. The quantitative estimate of drug-likeness (QED) is 0.356. The predicted molar refractivity (Wildman–Crippen MR) is 147 cm³/mol. The van der Waals surface area contributed by atoms with Crippen molar-refractivity contribution in [3.8, 4) is 0 Å². The van der Waals surface area contributed by atoms with Crippen molar-refractivity contribution in [1.82, 2.24) is 15.5 Å². The van der Waals surface area contributed by atoms with Crippen LogP contribution >= 0.6 is 0 Å². The molecule has 214 valence electrons. The first-order valence-corrected chi connectivity index (χ1v) is 13.5. The smallest absolute Gasteiger partial charge is 0.408 e. The molecule has 0 aliphatic carbocycles. The molecule has 3 amide bonds. The van der Waals surface area contributed by atoms with Crippen LogP contribution in [0.15, 0.2) is 24.3 Å². The molecule has 3 unspecified atom stereocenters. The molecule has 0 aliphatic heterocycles. The summed E-state index contributed by atoms with van der Waals surface area (Å²) in [5.41, 5.74) is 0.801. The zero-order valence-corrected chi connectivity index (χ0v) is 24.6. The second kappa shape index (κ2) is 15.3. The second-order valence-electron chi connectivity index (χ2n) is 11.0. The summed E-state index contributed by atoms with van der Waals surface area (Å²) in [6.45, 7) is 16.9. The van der Waals surface area contributed by atoms with Gasteiger partial charge in [0.05, 0.1) is 13.0 Å². The number of hydrogen-bond donors (Lipinski definition) is 2. The first kappa shape index (κ1) is 32.9. The summed E-state index contributed by atoms with van der Waals surface area (Å²) in [5.74, 6) is -0.811. The van der Waals surface area contributed by atoms with E-state index in [0.29, 0.717) is 17.9 Å². The fraction of sp³-hybridized carbons (Fsp3) is 0.655. The molecule has 0 saturated carbocycles. The minimum absolute atomic E-state index is 0.0214. The maximum absolute atomic E-state index is 13.9. The molecule has 0 saturated heterocycles. The Hall–Kier alpha value is -3.10. The molecule has 0 radical (unpaired) electrons. The molecule has 9 nitrogen and oxygen atoms in total. The summed E-state index contributed by atoms with van der Waals surface area (Å²) in [6.07, 6.45) is 0.831. The van der Waals surface area contributed by atoms with Gasteiger partial charge in [-0.1, -0.05) is 38.1 Å². The largest absolute Gasteiger partial charge is 0.466 e. The lowest BCUT2D eigenvalue weighted by Crippen LogP contribution is -2.55. The minimum atomic E-state index is -0.962. The van der Waals surface area contributed by atoms with Gasteiger partial charge in [0.1, 0.15) is 17.7 Å². The van der Waals surface area contributed by atoms with Crippen molar-refractivity contribution in [3.05, 3.63) is 35.4 Å². The number of esters is 1. The van der Waals surface area contributed by atoms with Crippen molar-refractivity contribution in [2.75, 3.05) is 13.2 Å². The lowest BCUT2D eigenvalue weighted by atomic mass is 9.95. The van der Waals surface area contributed by atoms with Crippen molar-refractivity contribution >= 4 is 23.9 Å². The van der Waals surface area contributed by atoms with Crippen LogP contribution in [0.4, 0.5) is 4.79 Å². The number of aryl methyl sites for hydroxylation is 1. The van der Waals surface area contributed by atoms with Gasteiger partial charge in [-0.2, -0.15) is 0 Å². The molecule has 0 fully saturated rings. The fourth-order valence-corrected chi connectivity index (χ4v) is 4.01. The maximum Gasteiger partial charge on any atom is 0.408 e. The van der Waals surface area contributed by atoms with E-state index in [4.69, 9.17) is 9.47 Å². The highest BCUT2D eigenvalue weighted by Crippen LogP contribution is 2.29. The number of amides is 3. The molecule has 0 aromatic heterocycles. The molecule has 0 bridgehead atoms. The van der Waals surface area contributed by atoms with E-state index in [1.807, 2.05) is 38.1 Å². The average molecular weight is 534 g/mol. The van der Waals surface area contributed by atoms with Gasteiger partial charge in [-0.3, -0.25) is 14.4 Å². The molecule has 1 aromatic rings. The van der Waals surface area contributed by atoms with Crippen LogP contribution in [0.5, 0.6) is 0 Å². The van der Waals surface area contributed by atoms with Crippen LogP contribution in [0, 0.1) is 12.8 Å². The number of alkyl carbamates (subject to hydrolysis) is 1. The van der Waals surface area contributed by atoms with Gasteiger partial charge < -0.3 is 25.0 Å².